The molecule has 1 aliphatic rings. The molecule has 1 fully saturated rings. The number of nitrogens with one attached hydrogen (secondary N) is 1. The smallest absolute Gasteiger partial charge is 0.00644 e. The summed E-state index contributed by atoms with van der Waals surface area (Å²) in [5.74, 6) is 0.796. The summed E-state index contributed by atoms with van der Waals surface area (Å²) in [6.07, 6.45) is 5.34. The van der Waals surface area contributed by atoms with Crippen LogP contribution in [0.5, 0.6) is 0 Å². The summed E-state index contributed by atoms with van der Waals surface area (Å²) in [4.78, 5) is 0. The fraction of sp³-hybridized carbons (Fsp3) is 0.600. The first-order valence-corrected chi connectivity index (χ1v) is 6.45. The van der Waals surface area contributed by atoms with Crippen molar-refractivity contribution in [3.05, 3.63) is 34.9 Å². The molecule has 0 amide bonds. The van der Waals surface area contributed by atoms with Crippen LogP contribution in [-0.4, -0.2) is 13.1 Å². The van der Waals surface area contributed by atoms with Gasteiger partial charge in [-0.05, 0) is 63.6 Å². The number of hydrogen-bond donors (Lipinski definition) is 1. The molecule has 0 unspecified atom stereocenters. The van der Waals surface area contributed by atoms with Crippen LogP contribution in [0.25, 0.3) is 0 Å². The highest BCUT2D eigenvalue weighted by Crippen LogP contribution is 2.34. The molecular formula is C15H23N. The molecule has 1 aliphatic carbocycles. The van der Waals surface area contributed by atoms with Gasteiger partial charge in [0.05, 0.1) is 0 Å². The average molecular weight is 217 g/mol. The van der Waals surface area contributed by atoms with Crippen LogP contribution >= 0.6 is 0 Å². The molecule has 0 spiro atoms. The summed E-state index contributed by atoms with van der Waals surface area (Å²) < 4.78 is 0. The lowest BCUT2D eigenvalue weighted by atomic mass is 9.80. The molecule has 0 aromatic heterocycles. The first-order valence-electron chi connectivity index (χ1n) is 6.45. The van der Waals surface area contributed by atoms with Crippen molar-refractivity contribution in [1.29, 1.82) is 0 Å². The van der Waals surface area contributed by atoms with E-state index in [9.17, 15) is 0 Å². The second-order valence-corrected chi connectivity index (χ2v) is 5.20. The minimum atomic E-state index is 0.751. The summed E-state index contributed by atoms with van der Waals surface area (Å²) in [5, 5.41) is 3.40. The van der Waals surface area contributed by atoms with Crippen LogP contribution in [0.15, 0.2) is 18.2 Å². The van der Waals surface area contributed by atoms with E-state index < -0.39 is 0 Å². The molecule has 1 heteroatoms. The lowest BCUT2D eigenvalue weighted by molar-refractivity contribution is 0.358. The van der Waals surface area contributed by atoms with Crippen molar-refractivity contribution in [3.63, 3.8) is 0 Å². The number of benzene rings is 1. The quantitative estimate of drug-likeness (QED) is 0.799. The Labute approximate surface area is 99.3 Å². The largest absolute Gasteiger partial charge is 0.317 e. The lowest BCUT2D eigenvalue weighted by Gasteiger charge is -2.29. The monoisotopic (exact) mass is 217 g/mol. The highest BCUT2D eigenvalue weighted by molar-refractivity contribution is 5.33. The molecule has 0 aliphatic heterocycles. The van der Waals surface area contributed by atoms with Gasteiger partial charge in [0.1, 0.15) is 0 Å². The van der Waals surface area contributed by atoms with E-state index in [1.165, 1.54) is 36.8 Å². The molecule has 1 aromatic carbocycles. The standard InChI is InChI=1S/C15H23N/c1-11-4-5-12(2)15(10-11)13-6-8-14(16-3)9-7-13/h4-5,10,13-14,16H,6-9H2,1-3H3. The van der Waals surface area contributed by atoms with Crippen LogP contribution in [0, 0.1) is 13.8 Å². The fourth-order valence-corrected chi connectivity index (χ4v) is 2.89. The van der Waals surface area contributed by atoms with Gasteiger partial charge in [0, 0.05) is 6.04 Å². The Morgan fingerprint density at radius 2 is 1.75 bits per heavy atom. The van der Waals surface area contributed by atoms with E-state index in [0.29, 0.717) is 0 Å². The van der Waals surface area contributed by atoms with Gasteiger partial charge in [0.15, 0.2) is 0 Å². The van der Waals surface area contributed by atoms with Crippen molar-refractivity contribution in [2.24, 2.45) is 0 Å². The lowest BCUT2D eigenvalue weighted by Crippen LogP contribution is -2.29. The van der Waals surface area contributed by atoms with Crippen LogP contribution in [0.2, 0.25) is 0 Å². The molecule has 88 valence electrons. The highest BCUT2D eigenvalue weighted by atomic mass is 14.9. The molecule has 1 nitrogen and oxygen atoms in total. The van der Waals surface area contributed by atoms with Crippen LogP contribution in [0.1, 0.15) is 48.3 Å². The molecule has 2 rings (SSSR count). The molecule has 1 N–H and O–H groups in total. The van der Waals surface area contributed by atoms with Crippen LogP contribution < -0.4 is 5.32 Å². The van der Waals surface area contributed by atoms with Crippen molar-refractivity contribution in [2.75, 3.05) is 7.05 Å². The molecule has 1 aromatic rings. The molecular weight excluding hydrogens is 194 g/mol. The van der Waals surface area contributed by atoms with Crippen LogP contribution in [0.3, 0.4) is 0 Å². The maximum Gasteiger partial charge on any atom is 0.00644 e. The fourth-order valence-electron chi connectivity index (χ4n) is 2.89. The van der Waals surface area contributed by atoms with Gasteiger partial charge in [0.2, 0.25) is 0 Å². The normalized spacial score (nSPS) is 25.7. The van der Waals surface area contributed by atoms with E-state index in [0.717, 1.165) is 12.0 Å². The van der Waals surface area contributed by atoms with E-state index >= 15 is 0 Å². The zero-order valence-corrected chi connectivity index (χ0v) is 10.7. The zero-order chi connectivity index (χ0) is 11.5. The second kappa shape index (κ2) is 5.01. The average Bonchev–Trinajstić information content (AvgIpc) is 2.32. The van der Waals surface area contributed by atoms with Gasteiger partial charge in [0.25, 0.3) is 0 Å². The Bertz CT molecular complexity index is 348. The molecule has 0 heterocycles. The van der Waals surface area contributed by atoms with Gasteiger partial charge in [-0.15, -0.1) is 0 Å². The first-order chi connectivity index (χ1) is 7.70. The number of aryl methyl sites for hydroxylation is 2. The van der Waals surface area contributed by atoms with Gasteiger partial charge in [-0.1, -0.05) is 23.8 Å². The van der Waals surface area contributed by atoms with Crippen LogP contribution in [-0.2, 0) is 0 Å². The molecule has 0 atom stereocenters. The van der Waals surface area contributed by atoms with E-state index in [1.807, 2.05) is 0 Å². The van der Waals surface area contributed by atoms with Crippen molar-refractivity contribution < 1.29 is 0 Å². The number of hydrogen-bond acceptors (Lipinski definition) is 1. The van der Waals surface area contributed by atoms with Gasteiger partial charge in [-0.2, -0.15) is 0 Å². The molecule has 16 heavy (non-hydrogen) atoms. The Morgan fingerprint density at radius 1 is 1.06 bits per heavy atom. The minimum Gasteiger partial charge on any atom is -0.317 e. The summed E-state index contributed by atoms with van der Waals surface area (Å²) in [6.45, 7) is 4.45. The van der Waals surface area contributed by atoms with Crippen molar-refractivity contribution >= 4 is 0 Å². The second-order valence-electron chi connectivity index (χ2n) is 5.20. The summed E-state index contributed by atoms with van der Waals surface area (Å²) in [5.41, 5.74) is 4.46. The van der Waals surface area contributed by atoms with E-state index in [4.69, 9.17) is 0 Å². The topological polar surface area (TPSA) is 12.0 Å². The summed E-state index contributed by atoms with van der Waals surface area (Å²) in [6, 6.07) is 7.63. The van der Waals surface area contributed by atoms with Crippen molar-refractivity contribution in [2.45, 2.75) is 51.5 Å². The molecule has 0 radical (unpaired) electrons. The van der Waals surface area contributed by atoms with E-state index in [1.54, 1.807) is 5.56 Å². The van der Waals surface area contributed by atoms with Crippen molar-refractivity contribution in [1.82, 2.24) is 5.32 Å². The third-order valence-corrected chi connectivity index (χ3v) is 4.01. The maximum atomic E-state index is 3.40. The summed E-state index contributed by atoms with van der Waals surface area (Å²) in [7, 11) is 2.09. The molecule has 1 saturated carbocycles. The predicted octanol–water partition coefficient (Wildman–Crippen LogP) is 3.55. The van der Waals surface area contributed by atoms with Gasteiger partial charge < -0.3 is 5.32 Å². The summed E-state index contributed by atoms with van der Waals surface area (Å²) >= 11 is 0. The molecule has 0 saturated heterocycles. The Kier molecular flexibility index (Phi) is 3.65. The van der Waals surface area contributed by atoms with E-state index in [-0.39, 0.29) is 0 Å². The van der Waals surface area contributed by atoms with Gasteiger partial charge in [-0.25, -0.2) is 0 Å². The predicted molar refractivity (Wildman–Crippen MR) is 70.0 cm³/mol. The Morgan fingerprint density at radius 3 is 2.38 bits per heavy atom. The third-order valence-electron chi connectivity index (χ3n) is 4.01. The molecule has 0 bridgehead atoms. The Balaban J connectivity index is 2.10. The highest BCUT2D eigenvalue weighted by Gasteiger charge is 2.22. The van der Waals surface area contributed by atoms with Gasteiger partial charge >= 0.3 is 0 Å². The van der Waals surface area contributed by atoms with Crippen molar-refractivity contribution in [3.8, 4) is 0 Å². The minimum absolute atomic E-state index is 0.751. The SMILES string of the molecule is CNC1CCC(c2cc(C)ccc2C)CC1. The zero-order valence-electron chi connectivity index (χ0n) is 10.7. The van der Waals surface area contributed by atoms with Gasteiger partial charge in [-0.3, -0.25) is 0 Å². The Hall–Kier alpha value is -0.820. The third kappa shape index (κ3) is 2.46. The van der Waals surface area contributed by atoms with Crippen LogP contribution in [0.4, 0.5) is 0 Å². The maximum absolute atomic E-state index is 3.40. The number of rotatable bonds is 2. The van der Waals surface area contributed by atoms with E-state index in [2.05, 4.69) is 44.4 Å². The first kappa shape index (κ1) is 11.7.